The van der Waals surface area contributed by atoms with Crippen LogP contribution < -0.4 is 0 Å². The third kappa shape index (κ3) is 2.82. The molecule has 3 rings (SSSR count). The van der Waals surface area contributed by atoms with Crippen LogP contribution in [0.5, 0.6) is 0 Å². The van der Waals surface area contributed by atoms with Gasteiger partial charge >= 0.3 is 0 Å². The van der Waals surface area contributed by atoms with E-state index in [0.29, 0.717) is 28.0 Å². The van der Waals surface area contributed by atoms with Crippen molar-refractivity contribution in [2.24, 2.45) is 0 Å². The van der Waals surface area contributed by atoms with Gasteiger partial charge in [0.25, 0.3) is 11.1 Å². The summed E-state index contributed by atoms with van der Waals surface area (Å²) in [6.07, 6.45) is 1.59. The van der Waals surface area contributed by atoms with E-state index >= 15 is 0 Å². The number of furan rings is 1. The molecule has 2 amide bonds. The number of nitrogens with zero attached hydrogens (tertiary/aromatic N) is 1. The van der Waals surface area contributed by atoms with Gasteiger partial charge in [-0.15, -0.1) is 0 Å². The monoisotopic (exact) mass is 333 g/mol. The third-order valence-corrected chi connectivity index (χ3v) is 4.34. The van der Waals surface area contributed by atoms with Gasteiger partial charge < -0.3 is 4.42 Å². The van der Waals surface area contributed by atoms with Crippen LogP contribution in [0.25, 0.3) is 17.4 Å². The average Bonchev–Trinajstić information content (AvgIpc) is 3.05. The van der Waals surface area contributed by atoms with Crippen LogP contribution in [0.15, 0.2) is 45.7 Å². The minimum absolute atomic E-state index is 0.250. The smallest absolute Gasteiger partial charge is 0.293 e. The fourth-order valence-corrected chi connectivity index (χ4v) is 3.20. The summed E-state index contributed by atoms with van der Waals surface area (Å²) in [6.45, 7) is 2.14. The number of thioether (sulfide) groups is 1. The molecule has 6 heteroatoms. The van der Waals surface area contributed by atoms with Crippen LogP contribution in [0.3, 0.4) is 0 Å². The Balaban J connectivity index is 1.88. The molecule has 0 unspecified atom stereocenters. The number of amides is 2. The number of halogens is 1. The first kappa shape index (κ1) is 14.9. The Morgan fingerprint density at radius 1 is 1.27 bits per heavy atom. The zero-order valence-electron chi connectivity index (χ0n) is 11.7. The fraction of sp³-hybridized carbons (Fsp3) is 0.125. The number of carbonyl (C=O) groups is 2. The van der Waals surface area contributed by atoms with E-state index in [-0.39, 0.29) is 11.1 Å². The minimum Gasteiger partial charge on any atom is -0.457 e. The Morgan fingerprint density at radius 3 is 2.77 bits per heavy atom. The highest BCUT2D eigenvalue weighted by Gasteiger charge is 2.33. The van der Waals surface area contributed by atoms with Gasteiger partial charge in [-0.05, 0) is 43.0 Å². The Bertz CT molecular complexity index is 781. The first-order valence-electron chi connectivity index (χ1n) is 6.69. The van der Waals surface area contributed by atoms with E-state index in [1.165, 1.54) is 4.90 Å². The predicted octanol–water partition coefficient (Wildman–Crippen LogP) is 4.66. The van der Waals surface area contributed by atoms with Crippen molar-refractivity contribution < 1.29 is 14.0 Å². The van der Waals surface area contributed by atoms with E-state index in [9.17, 15) is 9.59 Å². The number of imide groups is 1. The molecule has 1 aliphatic rings. The predicted molar refractivity (Wildman–Crippen MR) is 87.5 cm³/mol. The SMILES string of the molecule is CCN1C(=O)S/C(=C/c2ccc(-c3cccc(Cl)c3)o2)C1=O. The molecule has 0 spiro atoms. The number of hydrogen-bond acceptors (Lipinski definition) is 4. The summed E-state index contributed by atoms with van der Waals surface area (Å²) in [7, 11) is 0. The maximum atomic E-state index is 12.0. The molecule has 0 atom stereocenters. The van der Waals surface area contributed by atoms with Gasteiger partial charge in [-0.1, -0.05) is 23.7 Å². The normalized spacial score (nSPS) is 16.8. The molecule has 0 N–H and O–H groups in total. The first-order chi connectivity index (χ1) is 10.6. The molecule has 2 aromatic rings. The van der Waals surface area contributed by atoms with E-state index in [0.717, 1.165) is 17.3 Å². The van der Waals surface area contributed by atoms with Gasteiger partial charge in [0.15, 0.2) is 0 Å². The summed E-state index contributed by atoms with van der Waals surface area (Å²) in [6, 6.07) is 10.9. The molecule has 1 saturated heterocycles. The van der Waals surface area contributed by atoms with Gasteiger partial charge in [-0.25, -0.2) is 0 Å². The number of hydrogen-bond donors (Lipinski definition) is 0. The molecule has 22 heavy (non-hydrogen) atoms. The largest absolute Gasteiger partial charge is 0.457 e. The topological polar surface area (TPSA) is 50.5 Å². The lowest BCUT2D eigenvalue weighted by atomic mass is 10.2. The highest BCUT2D eigenvalue weighted by atomic mass is 35.5. The minimum atomic E-state index is -0.279. The van der Waals surface area contributed by atoms with Crippen molar-refractivity contribution >= 4 is 40.6 Å². The Kier molecular flexibility index (Phi) is 4.09. The second kappa shape index (κ2) is 6.02. The summed E-state index contributed by atoms with van der Waals surface area (Å²) in [5, 5.41) is 0.375. The van der Waals surface area contributed by atoms with Crippen molar-refractivity contribution in [1.82, 2.24) is 4.90 Å². The van der Waals surface area contributed by atoms with Crippen LogP contribution in [-0.4, -0.2) is 22.6 Å². The molecule has 0 bridgehead atoms. The molecule has 0 radical (unpaired) electrons. The van der Waals surface area contributed by atoms with Gasteiger partial charge in [0.05, 0.1) is 4.91 Å². The molecular formula is C16H12ClNO3S. The molecule has 0 aliphatic carbocycles. The number of benzene rings is 1. The Labute approximate surface area is 136 Å². The molecule has 1 aromatic heterocycles. The molecule has 1 fully saturated rings. The van der Waals surface area contributed by atoms with Crippen molar-refractivity contribution in [2.75, 3.05) is 6.54 Å². The van der Waals surface area contributed by atoms with E-state index in [2.05, 4.69) is 0 Å². The zero-order chi connectivity index (χ0) is 15.7. The molecule has 4 nitrogen and oxygen atoms in total. The van der Waals surface area contributed by atoms with Crippen LogP contribution in [0.2, 0.25) is 5.02 Å². The van der Waals surface area contributed by atoms with Crippen LogP contribution in [0.1, 0.15) is 12.7 Å². The van der Waals surface area contributed by atoms with E-state index in [1.807, 2.05) is 18.2 Å². The lowest BCUT2D eigenvalue weighted by Crippen LogP contribution is -2.27. The van der Waals surface area contributed by atoms with Crippen molar-refractivity contribution in [3.63, 3.8) is 0 Å². The summed E-state index contributed by atoms with van der Waals surface area (Å²) in [5.74, 6) is 0.901. The van der Waals surface area contributed by atoms with Gasteiger partial charge in [-0.3, -0.25) is 14.5 Å². The van der Waals surface area contributed by atoms with Crippen LogP contribution in [-0.2, 0) is 4.79 Å². The summed E-state index contributed by atoms with van der Waals surface area (Å²) in [5.41, 5.74) is 0.855. The lowest BCUT2D eigenvalue weighted by Gasteiger charge is -2.06. The first-order valence-corrected chi connectivity index (χ1v) is 7.89. The molecule has 112 valence electrons. The summed E-state index contributed by atoms with van der Waals surface area (Å²) >= 11 is 6.89. The third-order valence-electron chi connectivity index (χ3n) is 3.20. The molecular weight excluding hydrogens is 322 g/mol. The number of carbonyl (C=O) groups excluding carboxylic acids is 2. The fourth-order valence-electron chi connectivity index (χ4n) is 2.13. The number of rotatable bonds is 3. The lowest BCUT2D eigenvalue weighted by molar-refractivity contribution is -0.122. The van der Waals surface area contributed by atoms with Crippen LogP contribution in [0, 0.1) is 0 Å². The second-order valence-electron chi connectivity index (χ2n) is 4.64. The Hall–Kier alpha value is -1.98. The van der Waals surface area contributed by atoms with Crippen LogP contribution >= 0.6 is 23.4 Å². The highest BCUT2D eigenvalue weighted by molar-refractivity contribution is 8.18. The summed E-state index contributed by atoms with van der Waals surface area (Å²) in [4.78, 5) is 25.3. The number of likely N-dealkylation sites (N-methyl/N-ethyl adjacent to an activating group) is 1. The Morgan fingerprint density at radius 2 is 2.09 bits per heavy atom. The second-order valence-corrected chi connectivity index (χ2v) is 6.07. The van der Waals surface area contributed by atoms with Gasteiger partial charge in [-0.2, -0.15) is 0 Å². The quantitative estimate of drug-likeness (QED) is 0.767. The average molecular weight is 334 g/mol. The molecule has 0 saturated carbocycles. The highest BCUT2D eigenvalue weighted by Crippen LogP contribution is 2.33. The van der Waals surface area contributed by atoms with Crippen molar-refractivity contribution in [3.8, 4) is 11.3 Å². The van der Waals surface area contributed by atoms with Gasteiger partial charge in [0.2, 0.25) is 0 Å². The van der Waals surface area contributed by atoms with Gasteiger partial charge in [0, 0.05) is 23.2 Å². The van der Waals surface area contributed by atoms with Gasteiger partial charge in [0.1, 0.15) is 11.5 Å². The van der Waals surface area contributed by atoms with E-state index in [1.54, 1.807) is 31.2 Å². The molecule has 1 aromatic carbocycles. The zero-order valence-corrected chi connectivity index (χ0v) is 13.3. The van der Waals surface area contributed by atoms with Crippen molar-refractivity contribution in [1.29, 1.82) is 0 Å². The summed E-state index contributed by atoms with van der Waals surface area (Å²) < 4.78 is 5.71. The van der Waals surface area contributed by atoms with Crippen molar-refractivity contribution in [3.05, 3.63) is 52.1 Å². The van der Waals surface area contributed by atoms with Crippen molar-refractivity contribution in [2.45, 2.75) is 6.92 Å². The van der Waals surface area contributed by atoms with E-state index in [4.69, 9.17) is 16.0 Å². The van der Waals surface area contributed by atoms with E-state index < -0.39 is 0 Å². The molecule has 2 heterocycles. The standard InChI is InChI=1S/C16H12ClNO3S/c1-2-18-15(19)14(22-16(18)20)9-12-6-7-13(21-12)10-4-3-5-11(17)8-10/h3-9H,2H2,1H3/b14-9+. The molecule has 1 aliphatic heterocycles. The maximum absolute atomic E-state index is 12.0. The van der Waals surface area contributed by atoms with Crippen LogP contribution in [0.4, 0.5) is 4.79 Å². The maximum Gasteiger partial charge on any atom is 0.293 e.